The summed E-state index contributed by atoms with van der Waals surface area (Å²) in [5.74, 6) is 0.00562. The molecule has 2 aliphatic rings. The van der Waals surface area contributed by atoms with Gasteiger partial charge in [0.2, 0.25) is 0 Å². The minimum Gasteiger partial charge on any atom is -0.345 e. The number of aromatic nitrogens is 1. The summed E-state index contributed by atoms with van der Waals surface area (Å²) < 4.78 is 2.41. The zero-order chi connectivity index (χ0) is 22.9. The van der Waals surface area contributed by atoms with Crippen molar-refractivity contribution in [2.45, 2.75) is 51.0 Å². The SMILES string of the molecule is O=C(NC1CCCc2ccccc21)c1ccc(-n2c(-c3ccccc3)cc3c2CCCC3)cc1. The van der Waals surface area contributed by atoms with Crippen molar-refractivity contribution in [3.05, 3.63) is 113 Å². The molecule has 0 spiro atoms. The van der Waals surface area contributed by atoms with Crippen LogP contribution < -0.4 is 5.32 Å². The average Bonchev–Trinajstić information content (AvgIpc) is 3.29. The van der Waals surface area contributed by atoms with Crippen LogP contribution in [0.2, 0.25) is 0 Å². The van der Waals surface area contributed by atoms with Crippen molar-refractivity contribution in [3.8, 4) is 16.9 Å². The Kier molecular flexibility index (Phi) is 5.54. The highest BCUT2D eigenvalue weighted by Gasteiger charge is 2.23. The normalized spacial score (nSPS) is 17.0. The Balaban J connectivity index is 1.29. The molecule has 0 saturated heterocycles. The van der Waals surface area contributed by atoms with Crippen molar-refractivity contribution in [2.24, 2.45) is 0 Å². The molecule has 2 aliphatic carbocycles. The molecule has 1 amide bonds. The number of carbonyl (C=O) groups is 1. The third-order valence-corrected chi connectivity index (χ3v) is 7.43. The summed E-state index contributed by atoms with van der Waals surface area (Å²) >= 11 is 0. The molecular formula is C31H30N2O. The van der Waals surface area contributed by atoms with Crippen LogP contribution in [0.1, 0.15) is 64.5 Å². The van der Waals surface area contributed by atoms with Crippen LogP contribution in [0.15, 0.2) is 84.9 Å². The first kappa shape index (κ1) is 21.0. The highest BCUT2D eigenvalue weighted by Crippen LogP contribution is 2.34. The Morgan fingerprint density at radius 3 is 2.35 bits per heavy atom. The fraction of sp³-hybridized carbons (Fsp3) is 0.258. The monoisotopic (exact) mass is 446 g/mol. The molecule has 4 aromatic rings. The lowest BCUT2D eigenvalue weighted by Gasteiger charge is -2.26. The maximum absolute atomic E-state index is 13.1. The molecule has 1 N–H and O–H groups in total. The summed E-state index contributed by atoms with van der Waals surface area (Å²) in [4.78, 5) is 13.1. The summed E-state index contributed by atoms with van der Waals surface area (Å²) in [7, 11) is 0. The Morgan fingerprint density at radius 2 is 1.50 bits per heavy atom. The van der Waals surface area contributed by atoms with Crippen molar-refractivity contribution in [3.63, 3.8) is 0 Å². The number of nitrogens with one attached hydrogen (secondary N) is 1. The van der Waals surface area contributed by atoms with Crippen LogP contribution in [0.25, 0.3) is 16.9 Å². The van der Waals surface area contributed by atoms with Gasteiger partial charge in [-0.25, -0.2) is 0 Å². The first-order chi connectivity index (χ1) is 16.8. The third-order valence-electron chi connectivity index (χ3n) is 7.43. The lowest BCUT2D eigenvalue weighted by molar-refractivity contribution is 0.0933. The van der Waals surface area contributed by atoms with Crippen molar-refractivity contribution >= 4 is 5.91 Å². The van der Waals surface area contributed by atoms with Crippen molar-refractivity contribution in [1.82, 2.24) is 9.88 Å². The Bertz CT molecular complexity index is 1320. The van der Waals surface area contributed by atoms with Crippen molar-refractivity contribution < 1.29 is 4.79 Å². The standard InChI is InChI=1S/C31H30N2O/c34-31(32-28-15-8-13-22-9-4-6-14-27(22)28)24-17-19-26(20-18-24)33-29-16-7-5-12-25(29)21-30(33)23-10-2-1-3-11-23/h1-4,6,9-11,14,17-21,28H,5,7-8,12-13,15-16H2,(H,32,34). The van der Waals surface area contributed by atoms with E-state index in [9.17, 15) is 4.79 Å². The molecule has 6 rings (SSSR count). The molecule has 34 heavy (non-hydrogen) atoms. The summed E-state index contributed by atoms with van der Waals surface area (Å²) in [5.41, 5.74) is 9.82. The highest BCUT2D eigenvalue weighted by molar-refractivity contribution is 5.94. The van der Waals surface area contributed by atoms with E-state index in [0.717, 1.165) is 37.8 Å². The second kappa shape index (κ2) is 8.98. The third kappa shape index (κ3) is 3.86. The smallest absolute Gasteiger partial charge is 0.251 e. The maximum Gasteiger partial charge on any atom is 0.251 e. The largest absolute Gasteiger partial charge is 0.345 e. The lowest BCUT2D eigenvalue weighted by atomic mass is 9.87. The van der Waals surface area contributed by atoms with Crippen LogP contribution >= 0.6 is 0 Å². The van der Waals surface area contributed by atoms with E-state index in [1.165, 1.54) is 46.5 Å². The molecule has 3 aromatic carbocycles. The van der Waals surface area contributed by atoms with Crippen LogP contribution in [-0.2, 0) is 19.3 Å². The molecule has 1 unspecified atom stereocenters. The molecule has 1 atom stereocenters. The fourth-order valence-corrected chi connectivity index (χ4v) is 5.72. The van der Waals surface area contributed by atoms with Crippen LogP contribution in [-0.4, -0.2) is 10.5 Å². The molecule has 0 aliphatic heterocycles. The van der Waals surface area contributed by atoms with Gasteiger partial charge in [0.25, 0.3) is 5.91 Å². The van der Waals surface area contributed by atoms with Gasteiger partial charge in [0.1, 0.15) is 0 Å². The van der Waals surface area contributed by atoms with Gasteiger partial charge in [0, 0.05) is 16.9 Å². The summed E-state index contributed by atoms with van der Waals surface area (Å²) in [5, 5.41) is 3.29. The second-order valence-electron chi connectivity index (χ2n) is 9.57. The second-order valence-corrected chi connectivity index (χ2v) is 9.57. The number of hydrogen-bond donors (Lipinski definition) is 1. The molecule has 0 radical (unpaired) electrons. The molecule has 0 bridgehead atoms. The summed E-state index contributed by atoms with van der Waals surface area (Å²) in [6.45, 7) is 0. The van der Waals surface area contributed by atoms with E-state index >= 15 is 0 Å². The average molecular weight is 447 g/mol. The molecule has 3 nitrogen and oxygen atoms in total. The first-order valence-electron chi connectivity index (χ1n) is 12.6. The predicted molar refractivity (Wildman–Crippen MR) is 137 cm³/mol. The quantitative estimate of drug-likeness (QED) is 0.366. The molecule has 170 valence electrons. The van der Waals surface area contributed by atoms with Crippen LogP contribution in [0.5, 0.6) is 0 Å². The zero-order valence-electron chi connectivity index (χ0n) is 19.5. The van der Waals surface area contributed by atoms with Gasteiger partial charge in [0.15, 0.2) is 0 Å². The Hall–Kier alpha value is -3.59. The van der Waals surface area contributed by atoms with Gasteiger partial charge in [-0.2, -0.15) is 0 Å². The number of benzene rings is 3. The minimum absolute atomic E-state index is 0.00562. The van der Waals surface area contributed by atoms with Gasteiger partial charge in [-0.3, -0.25) is 4.79 Å². The first-order valence-corrected chi connectivity index (χ1v) is 12.6. The molecule has 0 fully saturated rings. The van der Waals surface area contributed by atoms with E-state index in [4.69, 9.17) is 0 Å². The number of amides is 1. The Labute approximate surface area is 201 Å². The van der Waals surface area contributed by atoms with E-state index in [0.29, 0.717) is 5.56 Å². The van der Waals surface area contributed by atoms with Crippen LogP contribution in [0.3, 0.4) is 0 Å². The van der Waals surface area contributed by atoms with Gasteiger partial charge in [0.05, 0.1) is 11.7 Å². The van der Waals surface area contributed by atoms with Gasteiger partial charge >= 0.3 is 0 Å². The van der Waals surface area contributed by atoms with Crippen LogP contribution in [0, 0.1) is 0 Å². The van der Waals surface area contributed by atoms with E-state index in [1.54, 1.807) is 0 Å². The van der Waals surface area contributed by atoms with E-state index in [2.05, 4.69) is 82.7 Å². The number of aryl methyl sites for hydroxylation is 2. The van der Waals surface area contributed by atoms with Gasteiger partial charge in [-0.15, -0.1) is 0 Å². The summed E-state index contributed by atoms with van der Waals surface area (Å²) in [6.07, 6.45) is 7.95. The molecule has 1 heterocycles. The predicted octanol–water partition coefficient (Wildman–Crippen LogP) is 6.83. The van der Waals surface area contributed by atoms with Crippen LogP contribution in [0.4, 0.5) is 0 Å². The topological polar surface area (TPSA) is 34.0 Å². The number of rotatable bonds is 4. The molecule has 3 heteroatoms. The van der Waals surface area contributed by atoms with E-state index in [1.807, 2.05) is 12.1 Å². The molecule has 1 aromatic heterocycles. The highest BCUT2D eigenvalue weighted by atomic mass is 16.1. The number of hydrogen-bond acceptors (Lipinski definition) is 1. The van der Waals surface area contributed by atoms with Gasteiger partial charge < -0.3 is 9.88 Å². The molecule has 0 saturated carbocycles. The van der Waals surface area contributed by atoms with Gasteiger partial charge in [-0.05, 0) is 97.5 Å². The Morgan fingerprint density at radius 1 is 0.765 bits per heavy atom. The van der Waals surface area contributed by atoms with E-state index in [-0.39, 0.29) is 11.9 Å². The van der Waals surface area contributed by atoms with Crippen molar-refractivity contribution in [2.75, 3.05) is 0 Å². The summed E-state index contributed by atoms with van der Waals surface area (Å²) in [6, 6.07) is 29.7. The number of carbonyl (C=O) groups excluding carboxylic acids is 1. The van der Waals surface area contributed by atoms with E-state index < -0.39 is 0 Å². The zero-order valence-corrected chi connectivity index (χ0v) is 19.5. The lowest BCUT2D eigenvalue weighted by Crippen LogP contribution is -2.30. The number of nitrogens with zero attached hydrogens (tertiary/aromatic N) is 1. The fourth-order valence-electron chi connectivity index (χ4n) is 5.72. The number of fused-ring (bicyclic) bond motifs is 2. The maximum atomic E-state index is 13.1. The van der Waals surface area contributed by atoms with Crippen molar-refractivity contribution in [1.29, 1.82) is 0 Å². The molecular weight excluding hydrogens is 416 g/mol. The van der Waals surface area contributed by atoms with Gasteiger partial charge in [-0.1, -0.05) is 54.6 Å². The minimum atomic E-state index is 0.00562.